The molecule has 0 bridgehead atoms. The van der Waals surface area contributed by atoms with Crippen LogP contribution in [0.4, 0.5) is 13.2 Å². The number of halogens is 3. The molecule has 0 aliphatic carbocycles. The Bertz CT molecular complexity index is 613. The highest BCUT2D eigenvalue weighted by atomic mass is 19.4. The van der Waals surface area contributed by atoms with E-state index in [9.17, 15) is 13.2 Å². The van der Waals surface area contributed by atoms with Crippen molar-refractivity contribution < 1.29 is 17.9 Å². The number of fused-ring (bicyclic) bond motifs is 1. The van der Waals surface area contributed by atoms with Gasteiger partial charge in [-0.3, -0.25) is 0 Å². The van der Waals surface area contributed by atoms with E-state index in [0.717, 1.165) is 22.1 Å². The maximum Gasteiger partial charge on any atom is 0.401 e. The van der Waals surface area contributed by atoms with E-state index in [4.69, 9.17) is 10.5 Å². The van der Waals surface area contributed by atoms with Crippen LogP contribution in [0.2, 0.25) is 0 Å². The van der Waals surface area contributed by atoms with Gasteiger partial charge in [0.1, 0.15) is 5.75 Å². The number of ether oxygens (including phenoxy) is 1. The van der Waals surface area contributed by atoms with E-state index < -0.39 is 18.8 Å². The highest BCUT2D eigenvalue weighted by Crippen LogP contribution is 2.24. The first kappa shape index (κ1) is 15.6. The minimum absolute atomic E-state index is 0.0950. The number of benzene rings is 2. The zero-order valence-electron chi connectivity index (χ0n) is 11.6. The second-order valence-corrected chi connectivity index (χ2v) is 4.76. The molecule has 3 N–H and O–H groups in total. The molecular weight excluding hydrogens is 281 g/mol. The smallest absolute Gasteiger partial charge is 0.401 e. The van der Waals surface area contributed by atoms with Crippen LogP contribution in [0.1, 0.15) is 11.6 Å². The molecule has 0 radical (unpaired) electrons. The van der Waals surface area contributed by atoms with Gasteiger partial charge in [0.25, 0.3) is 0 Å². The van der Waals surface area contributed by atoms with Gasteiger partial charge in [0.2, 0.25) is 0 Å². The van der Waals surface area contributed by atoms with Crippen molar-refractivity contribution in [2.75, 3.05) is 20.2 Å². The molecule has 2 aromatic carbocycles. The Balaban J connectivity index is 2.23. The second kappa shape index (κ2) is 6.32. The summed E-state index contributed by atoms with van der Waals surface area (Å²) in [6, 6.07) is 10.5. The zero-order valence-corrected chi connectivity index (χ0v) is 11.6. The molecule has 6 heteroatoms. The van der Waals surface area contributed by atoms with Gasteiger partial charge in [0, 0.05) is 12.6 Å². The number of rotatable bonds is 5. The van der Waals surface area contributed by atoms with Crippen LogP contribution >= 0.6 is 0 Å². The lowest BCUT2D eigenvalue weighted by Crippen LogP contribution is -2.35. The van der Waals surface area contributed by atoms with Crippen molar-refractivity contribution in [2.24, 2.45) is 5.73 Å². The van der Waals surface area contributed by atoms with E-state index in [0.29, 0.717) is 0 Å². The monoisotopic (exact) mass is 298 g/mol. The molecule has 3 nitrogen and oxygen atoms in total. The largest absolute Gasteiger partial charge is 0.497 e. The Hall–Kier alpha value is -1.79. The molecule has 0 saturated carbocycles. The lowest BCUT2D eigenvalue weighted by Gasteiger charge is -2.19. The molecule has 0 aromatic heterocycles. The lowest BCUT2D eigenvalue weighted by atomic mass is 10.0. The predicted molar refractivity (Wildman–Crippen MR) is 76.4 cm³/mol. The molecule has 1 unspecified atom stereocenters. The fourth-order valence-corrected chi connectivity index (χ4v) is 2.16. The second-order valence-electron chi connectivity index (χ2n) is 4.76. The van der Waals surface area contributed by atoms with Crippen LogP contribution in [0.15, 0.2) is 36.4 Å². The van der Waals surface area contributed by atoms with Crippen LogP contribution in [-0.2, 0) is 0 Å². The average Bonchev–Trinajstić information content (AvgIpc) is 2.46. The molecule has 0 saturated heterocycles. The molecule has 0 aliphatic rings. The van der Waals surface area contributed by atoms with E-state index >= 15 is 0 Å². The lowest BCUT2D eigenvalue weighted by molar-refractivity contribution is -0.126. The first-order chi connectivity index (χ1) is 9.93. The van der Waals surface area contributed by atoms with Gasteiger partial charge < -0.3 is 15.8 Å². The third-order valence-electron chi connectivity index (χ3n) is 3.26. The van der Waals surface area contributed by atoms with Crippen LogP contribution in [0.5, 0.6) is 5.75 Å². The zero-order chi connectivity index (χ0) is 15.5. The summed E-state index contributed by atoms with van der Waals surface area (Å²) in [5.74, 6) is 0.737. The fourth-order valence-electron chi connectivity index (χ4n) is 2.16. The Labute approximate surface area is 120 Å². The van der Waals surface area contributed by atoms with Gasteiger partial charge in [-0.2, -0.15) is 13.2 Å². The Kier molecular flexibility index (Phi) is 4.69. The maximum absolute atomic E-state index is 12.3. The molecule has 2 rings (SSSR count). The minimum Gasteiger partial charge on any atom is -0.497 e. The highest BCUT2D eigenvalue weighted by molar-refractivity contribution is 5.84. The maximum atomic E-state index is 12.3. The van der Waals surface area contributed by atoms with Crippen molar-refractivity contribution in [2.45, 2.75) is 12.2 Å². The van der Waals surface area contributed by atoms with Gasteiger partial charge in [-0.25, -0.2) is 0 Å². The molecule has 2 aromatic rings. The topological polar surface area (TPSA) is 47.3 Å². The first-order valence-corrected chi connectivity index (χ1v) is 6.51. The van der Waals surface area contributed by atoms with Crippen molar-refractivity contribution in [1.29, 1.82) is 0 Å². The summed E-state index contributed by atoms with van der Waals surface area (Å²) in [4.78, 5) is 0. The van der Waals surface area contributed by atoms with Gasteiger partial charge in [0.15, 0.2) is 0 Å². The van der Waals surface area contributed by atoms with E-state index in [1.807, 2.05) is 30.3 Å². The number of hydrogen-bond acceptors (Lipinski definition) is 3. The van der Waals surface area contributed by atoms with Crippen molar-refractivity contribution in [3.8, 4) is 5.75 Å². The number of nitrogens with two attached hydrogens (primary N) is 1. The van der Waals surface area contributed by atoms with Gasteiger partial charge in [-0.15, -0.1) is 0 Å². The predicted octanol–water partition coefficient (Wildman–Crippen LogP) is 3.00. The van der Waals surface area contributed by atoms with Crippen LogP contribution in [0.25, 0.3) is 10.8 Å². The first-order valence-electron chi connectivity index (χ1n) is 6.51. The molecule has 0 heterocycles. The molecule has 0 amide bonds. The number of nitrogens with one attached hydrogen (secondary N) is 1. The minimum atomic E-state index is -4.25. The summed E-state index contributed by atoms with van der Waals surface area (Å²) < 4.78 is 42.0. The SMILES string of the molecule is COc1ccc2cc(C(CN)NCC(F)(F)F)ccc2c1. The van der Waals surface area contributed by atoms with Crippen LogP contribution in [0, 0.1) is 0 Å². The molecule has 0 aliphatic heterocycles. The summed E-state index contributed by atoms with van der Waals surface area (Å²) >= 11 is 0. The van der Waals surface area contributed by atoms with Crippen LogP contribution in [0.3, 0.4) is 0 Å². The standard InChI is InChI=1S/C15H17F3N2O/c1-21-13-5-4-10-6-12(3-2-11(10)7-13)14(8-19)20-9-15(16,17)18/h2-7,14,20H,8-9,19H2,1H3. The quantitative estimate of drug-likeness (QED) is 0.892. The third-order valence-corrected chi connectivity index (χ3v) is 3.26. The normalized spacial score (nSPS) is 13.4. The Morgan fingerprint density at radius 3 is 2.43 bits per heavy atom. The number of methoxy groups -OCH3 is 1. The highest BCUT2D eigenvalue weighted by Gasteiger charge is 2.28. The van der Waals surface area contributed by atoms with E-state index in [-0.39, 0.29) is 6.54 Å². The van der Waals surface area contributed by atoms with Crippen LogP contribution < -0.4 is 15.8 Å². The summed E-state index contributed by atoms with van der Waals surface area (Å²) in [6.07, 6.45) is -4.25. The average molecular weight is 298 g/mol. The molecule has 114 valence electrons. The van der Waals surface area contributed by atoms with E-state index in [2.05, 4.69) is 5.32 Å². The van der Waals surface area contributed by atoms with Gasteiger partial charge in [-0.1, -0.05) is 18.2 Å². The van der Waals surface area contributed by atoms with Gasteiger partial charge in [0.05, 0.1) is 13.7 Å². The van der Waals surface area contributed by atoms with E-state index in [1.54, 1.807) is 13.2 Å². The van der Waals surface area contributed by atoms with Crippen molar-refractivity contribution >= 4 is 10.8 Å². The van der Waals surface area contributed by atoms with Gasteiger partial charge >= 0.3 is 6.18 Å². The summed E-state index contributed by atoms with van der Waals surface area (Å²) in [5, 5.41) is 4.33. The molecule has 0 fully saturated rings. The van der Waals surface area contributed by atoms with Crippen molar-refractivity contribution in [1.82, 2.24) is 5.32 Å². The summed E-state index contributed by atoms with van der Waals surface area (Å²) in [6.45, 7) is -0.965. The third kappa shape index (κ3) is 4.09. The van der Waals surface area contributed by atoms with Crippen molar-refractivity contribution in [3.63, 3.8) is 0 Å². The summed E-state index contributed by atoms with van der Waals surface area (Å²) in [7, 11) is 1.58. The molecular formula is C15H17F3N2O. The van der Waals surface area contributed by atoms with Gasteiger partial charge in [-0.05, 0) is 34.5 Å². The number of alkyl halides is 3. The van der Waals surface area contributed by atoms with E-state index in [1.165, 1.54) is 0 Å². The number of hydrogen-bond donors (Lipinski definition) is 2. The molecule has 21 heavy (non-hydrogen) atoms. The Morgan fingerprint density at radius 2 is 1.81 bits per heavy atom. The van der Waals surface area contributed by atoms with Crippen LogP contribution in [-0.4, -0.2) is 26.4 Å². The fraction of sp³-hybridized carbons (Fsp3) is 0.333. The molecule has 1 atom stereocenters. The van der Waals surface area contributed by atoms with Crippen molar-refractivity contribution in [3.05, 3.63) is 42.0 Å². The summed E-state index contributed by atoms with van der Waals surface area (Å²) in [5.41, 5.74) is 6.31. The Morgan fingerprint density at radius 1 is 1.14 bits per heavy atom. The molecule has 0 spiro atoms.